The zero-order chi connectivity index (χ0) is 13.8. The number of nitrogens with one attached hydrogen (secondary N) is 1. The van der Waals surface area contributed by atoms with Crippen molar-refractivity contribution >= 4 is 0 Å². The lowest BCUT2D eigenvalue weighted by Gasteiger charge is -2.14. The molecule has 1 aliphatic rings. The van der Waals surface area contributed by atoms with E-state index in [1.807, 2.05) is 6.33 Å². The van der Waals surface area contributed by atoms with E-state index in [0.717, 1.165) is 44.7 Å². The van der Waals surface area contributed by atoms with Crippen LogP contribution in [-0.2, 0) is 25.9 Å². The van der Waals surface area contributed by atoms with Crippen molar-refractivity contribution < 1.29 is 4.42 Å². The van der Waals surface area contributed by atoms with Crippen molar-refractivity contribution in [1.29, 1.82) is 0 Å². The molecule has 2 aromatic rings. The first-order valence-electron chi connectivity index (χ1n) is 7.67. The number of imidazole rings is 1. The van der Waals surface area contributed by atoms with Crippen molar-refractivity contribution in [3.05, 3.63) is 41.4 Å². The molecule has 0 atom stereocenters. The summed E-state index contributed by atoms with van der Waals surface area (Å²) in [5, 5.41) is 3.40. The normalized spacial score (nSPS) is 14.4. The predicted molar refractivity (Wildman–Crippen MR) is 78.7 cm³/mol. The number of fused-ring (bicyclic) bond motifs is 1. The average Bonchev–Trinajstić information content (AvgIpc) is 3.08. The van der Waals surface area contributed by atoms with Crippen LogP contribution < -0.4 is 5.32 Å². The van der Waals surface area contributed by atoms with Gasteiger partial charge in [0.15, 0.2) is 0 Å². The summed E-state index contributed by atoms with van der Waals surface area (Å²) >= 11 is 0. The second-order valence-electron chi connectivity index (χ2n) is 5.52. The van der Waals surface area contributed by atoms with Crippen molar-refractivity contribution in [2.24, 2.45) is 0 Å². The molecule has 1 aliphatic carbocycles. The van der Waals surface area contributed by atoms with Crippen LogP contribution in [0.2, 0.25) is 0 Å². The largest absolute Gasteiger partial charge is 0.468 e. The van der Waals surface area contributed by atoms with E-state index in [4.69, 9.17) is 4.42 Å². The van der Waals surface area contributed by atoms with E-state index < -0.39 is 0 Å². The van der Waals surface area contributed by atoms with Crippen molar-refractivity contribution in [1.82, 2.24) is 14.9 Å². The van der Waals surface area contributed by atoms with Gasteiger partial charge in [-0.05, 0) is 44.7 Å². The summed E-state index contributed by atoms with van der Waals surface area (Å²) in [5.41, 5.74) is 3.98. The van der Waals surface area contributed by atoms with Crippen molar-refractivity contribution in [2.45, 2.75) is 52.1 Å². The molecule has 0 amide bonds. The van der Waals surface area contributed by atoms with Gasteiger partial charge in [0.05, 0.1) is 31.4 Å². The highest BCUT2D eigenvalue weighted by molar-refractivity contribution is 5.22. The first-order valence-corrected chi connectivity index (χ1v) is 7.67. The molecule has 1 N–H and O–H groups in total. The summed E-state index contributed by atoms with van der Waals surface area (Å²) in [6, 6.07) is 2.08. The Balaban J connectivity index is 1.71. The van der Waals surface area contributed by atoms with Gasteiger partial charge >= 0.3 is 0 Å². The van der Waals surface area contributed by atoms with Crippen molar-refractivity contribution in [2.75, 3.05) is 6.54 Å². The van der Waals surface area contributed by atoms with Gasteiger partial charge in [0.2, 0.25) is 0 Å². The van der Waals surface area contributed by atoms with Crippen molar-refractivity contribution in [3.8, 4) is 0 Å². The fourth-order valence-corrected chi connectivity index (χ4v) is 2.89. The molecule has 3 rings (SSSR count). The second-order valence-corrected chi connectivity index (χ2v) is 5.52. The van der Waals surface area contributed by atoms with Gasteiger partial charge in [0, 0.05) is 11.3 Å². The Morgan fingerprint density at radius 2 is 2.25 bits per heavy atom. The summed E-state index contributed by atoms with van der Waals surface area (Å²) < 4.78 is 7.90. The molecular formula is C16H23N3O. The molecule has 0 aliphatic heterocycles. The third-order valence-corrected chi connectivity index (χ3v) is 4.00. The summed E-state index contributed by atoms with van der Waals surface area (Å²) in [7, 11) is 0. The highest BCUT2D eigenvalue weighted by atomic mass is 16.3. The standard InChI is InChI=1S/C16H23N3O/c1-2-8-17-10-16-13(7-9-20-16)11-19-12-18-14-5-3-4-6-15(14)19/h7,9,12,17H,2-6,8,10-11H2,1H3. The highest BCUT2D eigenvalue weighted by Gasteiger charge is 2.16. The number of nitrogens with zero attached hydrogens (tertiary/aromatic N) is 2. The van der Waals surface area contributed by atoms with Crippen LogP contribution in [0.3, 0.4) is 0 Å². The number of aryl methyl sites for hydroxylation is 1. The van der Waals surface area contributed by atoms with Crippen LogP contribution in [0.15, 0.2) is 23.1 Å². The second kappa shape index (κ2) is 6.27. The fourth-order valence-electron chi connectivity index (χ4n) is 2.89. The summed E-state index contributed by atoms with van der Waals surface area (Å²) in [6.07, 6.45) is 9.80. The van der Waals surface area contributed by atoms with Crippen LogP contribution >= 0.6 is 0 Å². The smallest absolute Gasteiger partial charge is 0.122 e. The molecule has 2 aromatic heterocycles. The van der Waals surface area contributed by atoms with E-state index in [1.54, 1.807) is 6.26 Å². The minimum absolute atomic E-state index is 0.813. The number of aromatic nitrogens is 2. The molecule has 0 saturated heterocycles. The zero-order valence-electron chi connectivity index (χ0n) is 12.2. The molecule has 0 unspecified atom stereocenters. The van der Waals surface area contributed by atoms with Crippen LogP contribution in [-0.4, -0.2) is 16.1 Å². The third kappa shape index (κ3) is 2.80. The topological polar surface area (TPSA) is 43.0 Å². The minimum atomic E-state index is 0.813. The molecular weight excluding hydrogens is 250 g/mol. The molecule has 0 spiro atoms. The van der Waals surface area contributed by atoms with Gasteiger partial charge in [-0.1, -0.05) is 6.92 Å². The maximum atomic E-state index is 5.61. The molecule has 0 saturated carbocycles. The molecule has 0 bridgehead atoms. The van der Waals surface area contributed by atoms with Crippen LogP contribution in [0.1, 0.15) is 48.9 Å². The van der Waals surface area contributed by atoms with Gasteiger partial charge < -0.3 is 14.3 Å². The first kappa shape index (κ1) is 13.4. The zero-order valence-corrected chi connectivity index (χ0v) is 12.2. The summed E-state index contributed by atoms with van der Waals surface area (Å²) in [5.74, 6) is 1.05. The van der Waals surface area contributed by atoms with Crippen LogP contribution in [0, 0.1) is 0 Å². The van der Waals surface area contributed by atoms with Crippen LogP contribution in [0.25, 0.3) is 0 Å². The van der Waals surface area contributed by atoms with Crippen LogP contribution in [0.5, 0.6) is 0 Å². The van der Waals surface area contributed by atoms with Gasteiger partial charge in [-0.25, -0.2) is 4.98 Å². The summed E-state index contributed by atoms with van der Waals surface area (Å²) in [4.78, 5) is 4.56. The number of hydrogen-bond acceptors (Lipinski definition) is 3. The summed E-state index contributed by atoms with van der Waals surface area (Å²) in [6.45, 7) is 4.89. The lowest BCUT2D eigenvalue weighted by atomic mass is 10.0. The van der Waals surface area contributed by atoms with E-state index in [9.17, 15) is 0 Å². The Morgan fingerprint density at radius 1 is 1.35 bits per heavy atom. The molecule has 2 heterocycles. The maximum Gasteiger partial charge on any atom is 0.122 e. The molecule has 108 valence electrons. The number of rotatable bonds is 6. The Kier molecular flexibility index (Phi) is 4.21. The van der Waals surface area contributed by atoms with E-state index in [0.29, 0.717) is 0 Å². The number of hydrogen-bond donors (Lipinski definition) is 1. The Labute approximate surface area is 120 Å². The average molecular weight is 273 g/mol. The molecule has 4 heteroatoms. The lowest BCUT2D eigenvalue weighted by Crippen LogP contribution is -2.15. The Morgan fingerprint density at radius 3 is 3.15 bits per heavy atom. The third-order valence-electron chi connectivity index (χ3n) is 4.00. The Hall–Kier alpha value is -1.55. The quantitative estimate of drug-likeness (QED) is 0.823. The molecule has 20 heavy (non-hydrogen) atoms. The van der Waals surface area contributed by atoms with E-state index in [-0.39, 0.29) is 0 Å². The van der Waals surface area contributed by atoms with E-state index in [1.165, 1.54) is 29.8 Å². The number of furan rings is 1. The first-order chi connectivity index (χ1) is 9.88. The molecule has 0 aromatic carbocycles. The predicted octanol–water partition coefficient (Wildman–Crippen LogP) is 2.90. The highest BCUT2D eigenvalue weighted by Crippen LogP contribution is 2.21. The minimum Gasteiger partial charge on any atom is -0.468 e. The van der Waals surface area contributed by atoms with E-state index >= 15 is 0 Å². The fraction of sp³-hybridized carbons (Fsp3) is 0.562. The van der Waals surface area contributed by atoms with Gasteiger partial charge in [-0.15, -0.1) is 0 Å². The Bertz CT molecular complexity index is 556. The molecule has 0 fully saturated rings. The monoisotopic (exact) mass is 273 g/mol. The maximum absolute atomic E-state index is 5.61. The van der Waals surface area contributed by atoms with Gasteiger partial charge in [0.25, 0.3) is 0 Å². The molecule has 4 nitrogen and oxygen atoms in total. The van der Waals surface area contributed by atoms with E-state index in [2.05, 4.69) is 27.9 Å². The lowest BCUT2D eigenvalue weighted by molar-refractivity contribution is 0.476. The SMILES string of the molecule is CCCNCc1occc1Cn1cnc2c1CCCC2. The van der Waals surface area contributed by atoms with Crippen molar-refractivity contribution in [3.63, 3.8) is 0 Å². The molecule has 0 radical (unpaired) electrons. The van der Waals surface area contributed by atoms with Gasteiger partial charge in [-0.3, -0.25) is 0 Å². The van der Waals surface area contributed by atoms with Crippen LogP contribution in [0.4, 0.5) is 0 Å². The van der Waals surface area contributed by atoms with Gasteiger partial charge in [-0.2, -0.15) is 0 Å². The van der Waals surface area contributed by atoms with Gasteiger partial charge in [0.1, 0.15) is 5.76 Å².